The molecule has 0 fully saturated rings. The van der Waals surface area contributed by atoms with Crippen molar-refractivity contribution in [2.45, 2.75) is 12.0 Å². The van der Waals surface area contributed by atoms with E-state index >= 15 is 0 Å². The van der Waals surface area contributed by atoms with Gasteiger partial charge in [-0.25, -0.2) is 0 Å². The summed E-state index contributed by atoms with van der Waals surface area (Å²) in [6.45, 7) is 0. The van der Waals surface area contributed by atoms with Crippen LogP contribution >= 0.6 is 0 Å². The highest BCUT2D eigenvalue weighted by Crippen LogP contribution is 2.49. The van der Waals surface area contributed by atoms with Gasteiger partial charge in [-0.3, -0.25) is 0 Å². The molecule has 0 radical (unpaired) electrons. The van der Waals surface area contributed by atoms with Crippen molar-refractivity contribution in [1.29, 1.82) is 0 Å². The lowest BCUT2D eigenvalue weighted by Crippen LogP contribution is -2.28. The van der Waals surface area contributed by atoms with Crippen LogP contribution in [-0.4, -0.2) is 15.2 Å². The van der Waals surface area contributed by atoms with E-state index in [9.17, 15) is 0 Å². The van der Waals surface area contributed by atoms with Gasteiger partial charge >= 0.3 is 0 Å². The van der Waals surface area contributed by atoms with E-state index in [0.29, 0.717) is 5.92 Å². The summed E-state index contributed by atoms with van der Waals surface area (Å²) in [5, 5.41) is 4.99. The van der Waals surface area contributed by atoms with E-state index in [1.807, 2.05) is 0 Å². The molecule has 268 valence electrons. The number of anilines is 2. The van der Waals surface area contributed by atoms with Crippen molar-refractivity contribution in [3.8, 4) is 33.6 Å². The van der Waals surface area contributed by atoms with Gasteiger partial charge in [0.15, 0.2) is 0 Å². The smallest absolute Gasteiger partial charge is 0.0641 e. The molecule has 10 aromatic rings. The zero-order chi connectivity index (χ0) is 37.5. The minimum Gasteiger partial charge on any atom is -0.333 e. The van der Waals surface area contributed by atoms with Crippen LogP contribution in [0.15, 0.2) is 212 Å². The number of hydrogen-bond acceptors (Lipinski definition) is 1. The molecule has 2 aromatic heterocycles. The predicted molar refractivity (Wildman–Crippen MR) is 239 cm³/mol. The van der Waals surface area contributed by atoms with E-state index < -0.39 is 0 Å². The van der Waals surface area contributed by atoms with E-state index in [1.165, 1.54) is 82.8 Å². The Hall–Kier alpha value is -7.36. The van der Waals surface area contributed by atoms with Crippen molar-refractivity contribution >= 4 is 55.0 Å². The lowest BCUT2D eigenvalue weighted by molar-refractivity contribution is 0.745. The van der Waals surface area contributed by atoms with Crippen LogP contribution in [0, 0.1) is 0 Å². The fraction of sp³-hybridized carbons (Fsp3) is 0.0370. The third-order valence-electron chi connectivity index (χ3n) is 12.2. The molecule has 0 bridgehead atoms. The highest BCUT2D eigenvalue weighted by atomic mass is 15.2. The number of aromatic nitrogens is 2. The number of benzene rings is 8. The lowest BCUT2D eigenvalue weighted by Gasteiger charge is -2.29. The van der Waals surface area contributed by atoms with Crippen LogP contribution in [-0.2, 0) is 0 Å². The van der Waals surface area contributed by atoms with E-state index in [2.05, 4.69) is 226 Å². The molecule has 0 saturated carbocycles. The molecule has 2 unspecified atom stereocenters. The Morgan fingerprint density at radius 2 is 0.965 bits per heavy atom. The van der Waals surface area contributed by atoms with Gasteiger partial charge in [-0.2, -0.15) is 0 Å². The largest absolute Gasteiger partial charge is 0.333 e. The van der Waals surface area contributed by atoms with Crippen LogP contribution in [0.2, 0.25) is 0 Å². The summed E-state index contributed by atoms with van der Waals surface area (Å²) < 4.78 is 4.95. The molecule has 3 heterocycles. The van der Waals surface area contributed by atoms with Crippen molar-refractivity contribution in [3.05, 3.63) is 218 Å². The number of nitrogens with zero attached hydrogens (tertiary/aromatic N) is 3. The average molecular weight is 728 g/mol. The summed E-state index contributed by atoms with van der Waals surface area (Å²) >= 11 is 0. The van der Waals surface area contributed by atoms with Gasteiger partial charge in [0.25, 0.3) is 0 Å². The second-order valence-electron chi connectivity index (χ2n) is 15.3. The Bertz CT molecular complexity index is 3250. The maximum absolute atomic E-state index is 2.52. The minimum absolute atomic E-state index is 0.256. The third kappa shape index (κ3) is 4.79. The monoisotopic (exact) mass is 727 g/mol. The van der Waals surface area contributed by atoms with Crippen molar-refractivity contribution < 1.29 is 0 Å². The summed E-state index contributed by atoms with van der Waals surface area (Å²) in [6, 6.07) is 69.3. The summed E-state index contributed by atoms with van der Waals surface area (Å²) in [5.41, 5.74) is 15.8. The van der Waals surface area contributed by atoms with E-state index in [-0.39, 0.29) is 6.04 Å². The van der Waals surface area contributed by atoms with Gasteiger partial charge < -0.3 is 14.0 Å². The molecule has 0 saturated heterocycles. The lowest BCUT2D eigenvalue weighted by atomic mass is 9.91. The molecule has 0 amide bonds. The predicted octanol–water partition coefficient (Wildman–Crippen LogP) is 13.9. The molecule has 3 nitrogen and oxygen atoms in total. The van der Waals surface area contributed by atoms with Gasteiger partial charge in [0.1, 0.15) is 0 Å². The summed E-state index contributed by atoms with van der Waals surface area (Å²) in [6.07, 6.45) is 9.07. The molecule has 0 N–H and O–H groups in total. The Morgan fingerprint density at radius 3 is 1.75 bits per heavy atom. The fourth-order valence-corrected chi connectivity index (χ4v) is 9.81. The van der Waals surface area contributed by atoms with Gasteiger partial charge in [0.05, 0.1) is 28.1 Å². The molecular formula is C54H37N3. The standard InChI is InChI=1S/C54H37N3/c1-3-20-39(21-4-1)56-50-31-13-9-27-44(50)47-35-46(53-52(54(47)56)45-28-10-14-32-51(45)57(53)40-22-5-2-6-23-40)38-19-15-17-36(33-38)37-18-16-24-41(34-37)55-48-29-11-7-25-42(48)43-26-8-12-30-49(43)55/h1-35,42,48H. The van der Waals surface area contributed by atoms with E-state index in [0.717, 1.165) is 11.4 Å². The first-order valence-electron chi connectivity index (χ1n) is 19.9. The SMILES string of the molecule is C1=CC2c3ccccc3N(c3cccc(-c4cccc(-c5cc6c7ccccc7n(-c7ccccc7)c6c6c7ccccc7n(-c7ccccc7)c56)c4)c3)C2C=C1. The molecule has 8 aromatic carbocycles. The van der Waals surface area contributed by atoms with Crippen LogP contribution in [0.25, 0.3) is 77.2 Å². The molecule has 3 heteroatoms. The first-order valence-corrected chi connectivity index (χ1v) is 19.9. The third-order valence-corrected chi connectivity index (χ3v) is 12.2. The second kappa shape index (κ2) is 12.6. The van der Waals surface area contributed by atoms with Crippen LogP contribution in [0.4, 0.5) is 11.4 Å². The zero-order valence-electron chi connectivity index (χ0n) is 31.2. The molecule has 57 heavy (non-hydrogen) atoms. The minimum atomic E-state index is 0.256. The number of allylic oxidation sites excluding steroid dienone is 2. The van der Waals surface area contributed by atoms with Gasteiger partial charge in [-0.05, 0) is 89.0 Å². The van der Waals surface area contributed by atoms with Crippen molar-refractivity contribution in [2.24, 2.45) is 0 Å². The fourth-order valence-electron chi connectivity index (χ4n) is 9.81. The van der Waals surface area contributed by atoms with E-state index in [1.54, 1.807) is 0 Å². The average Bonchev–Trinajstić information content (AvgIpc) is 3.93. The van der Waals surface area contributed by atoms with Gasteiger partial charge in [-0.1, -0.05) is 146 Å². The van der Waals surface area contributed by atoms with Crippen LogP contribution in [0.3, 0.4) is 0 Å². The number of para-hydroxylation sites is 5. The molecule has 1 aliphatic carbocycles. The maximum atomic E-state index is 2.52. The van der Waals surface area contributed by atoms with Crippen LogP contribution in [0.5, 0.6) is 0 Å². The number of rotatable bonds is 5. The Morgan fingerprint density at radius 1 is 0.386 bits per heavy atom. The molecule has 0 spiro atoms. The Labute approximate surface area is 331 Å². The Kier molecular flexibility index (Phi) is 7.05. The second-order valence-corrected chi connectivity index (χ2v) is 15.3. The summed E-state index contributed by atoms with van der Waals surface area (Å²) in [4.78, 5) is 2.52. The normalized spacial score (nSPS) is 15.9. The molecule has 2 atom stereocenters. The van der Waals surface area contributed by atoms with Gasteiger partial charge in [-0.15, -0.1) is 0 Å². The highest BCUT2D eigenvalue weighted by Gasteiger charge is 2.37. The quantitative estimate of drug-likeness (QED) is 0.172. The van der Waals surface area contributed by atoms with Crippen LogP contribution in [0.1, 0.15) is 11.5 Å². The van der Waals surface area contributed by atoms with Crippen molar-refractivity contribution in [1.82, 2.24) is 9.13 Å². The van der Waals surface area contributed by atoms with Crippen LogP contribution < -0.4 is 4.90 Å². The molecular weight excluding hydrogens is 691 g/mol. The first kappa shape index (κ1) is 31.9. The first-order chi connectivity index (χ1) is 28.3. The molecule has 1 aliphatic heterocycles. The summed E-state index contributed by atoms with van der Waals surface area (Å²) in [5.74, 6) is 0.347. The highest BCUT2D eigenvalue weighted by molar-refractivity contribution is 6.29. The maximum Gasteiger partial charge on any atom is 0.0641 e. The molecule has 12 rings (SSSR count). The van der Waals surface area contributed by atoms with Gasteiger partial charge in [0.2, 0.25) is 0 Å². The Balaban J connectivity index is 1.12. The number of hydrogen-bond donors (Lipinski definition) is 0. The van der Waals surface area contributed by atoms with Crippen molar-refractivity contribution in [3.63, 3.8) is 0 Å². The molecule has 2 aliphatic rings. The van der Waals surface area contributed by atoms with Crippen molar-refractivity contribution in [2.75, 3.05) is 4.90 Å². The number of fused-ring (bicyclic) bond motifs is 10. The zero-order valence-corrected chi connectivity index (χ0v) is 31.2. The topological polar surface area (TPSA) is 13.1 Å². The summed E-state index contributed by atoms with van der Waals surface area (Å²) in [7, 11) is 0. The van der Waals surface area contributed by atoms with Gasteiger partial charge in [0, 0.05) is 55.8 Å². The van der Waals surface area contributed by atoms with E-state index in [4.69, 9.17) is 0 Å².